The molecule has 0 bridgehead atoms. The van der Waals surface area contributed by atoms with Gasteiger partial charge in [0.2, 0.25) is 10.0 Å². The van der Waals surface area contributed by atoms with Crippen LogP contribution < -0.4 is 4.72 Å². The van der Waals surface area contributed by atoms with Crippen molar-refractivity contribution in [2.75, 3.05) is 6.54 Å². The monoisotopic (exact) mass is 313 g/mol. The van der Waals surface area contributed by atoms with E-state index >= 15 is 0 Å². The number of aliphatic hydroxyl groups is 1. The summed E-state index contributed by atoms with van der Waals surface area (Å²) in [6, 6.07) is 1.35. The highest BCUT2D eigenvalue weighted by atomic mass is 32.2. The molecule has 0 unspecified atom stereocenters. The molecule has 0 fully saturated rings. The largest absolute Gasteiger partial charge is 0.462 e. The highest BCUT2D eigenvalue weighted by molar-refractivity contribution is 7.89. The van der Waals surface area contributed by atoms with Crippen molar-refractivity contribution >= 4 is 10.0 Å². The minimum atomic E-state index is -3.61. The fraction of sp³-hybridized carbons (Fsp3) is 0.462. The number of rotatable bonds is 7. The van der Waals surface area contributed by atoms with E-state index in [2.05, 4.69) is 14.9 Å². The highest BCUT2D eigenvalue weighted by Crippen LogP contribution is 2.19. The lowest BCUT2D eigenvalue weighted by atomic mass is 10.1. The summed E-state index contributed by atoms with van der Waals surface area (Å²) in [5, 5.41) is 15.7. The first kappa shape index (κ1) is 15.7. The zero-order chi connectivity index (χ0) is 15.5. The van der Waals surface area contributed by atoms with Crippen molar-refractivity contribution in [2.24, 2.45) is 0 Å². The van der Waals surface area contributed by atoms with Crippen LogP contribution in [0.15, 0.2) is 21.6 Å². The Hall–Kier alpha value is -1.64. The minimum Gasteiger partial charge on any atom is -0.462 e. The maximum Gasteiger partial charge on any atom is 0.244 e. The lowest BCUT2D eigenvalue weighted by molar-refractivity contribution is 0.244. The first-order valence-electron chi connectivity index (χ1n) is 6.62. The Kier molecular flexibility index (Phi) is 4.81. The predicted molar refractivity (Wildman–Crippen MR) is 76.2 cm³/mol. The lowest BCUT2D eigenvalue weighted by Gasteiger charge is -2.05. The summed E-state index contributed by atoms with van der Waals surface area (Å²) in [4.78, 5) is 0.0750. The van der Waals surface area contributed by atoms with E-state index < -0.39 is 10.0 Å². The molecular weight excluding hydrogens is 294 g/mol. The molecule has 0 atom stereocenters. The molecule has 3 N–H and O–H groups in total. The van der Waals surface area contributed by atoms with Gasteiger partial charge >= 0.3 is 0 Å². The maximum atomic E-state index is 12.1. The van der Waals surface area contributed by atoms with E-state index in [0.29, 0.717) is 13.0 Å². The molecule has 21 heavy (non-hydrogen) atoms. The molecule has 2 aromatic heterocycles. The van der Waals surface area contributed by atoms with Gasteiger partial charge in [0.25, 0.3) is 0 Å². The molecular formula is C13H19N3O4S. The van der Waals surface area contributed by atoms with Gasteiger partial charge in [0, 0.05) is 18.3 Å². The van der Waals surface area contributed by atoms with Crippen LogP contribution in [0.1, 0.15) is 29.2 Å². The number of hydrogen-bond acceptors (Lipinski definition) is 5. The molecule has 116 valence electrons. The summed E-state index contributed by atoms with van der Waals surface area (Å²) in [7, 11) is -3.61. The van der Waals surface area contributed by atoms with Gasteiger partial charge in [-0.05, 0) is 32.3 Å². The average Bonchev–Trinajstić information content (AvgIpc) is 3.01. The number of nitrogens with one attached hydrogen (secondary N) is 2. The molecule has 0 saturated carbocycles. The first-order chi connectivity index (χ1) is 9.94. The van der Waals surface area contributed by atoms with Crippen molar-refractivity contribution in [2.45, 2.75) is 38.2 Å². The van der Waals surface area contributed by atoms with Crippen LogP contribution in [-0.2, 0) is 23.1 Å². The van der Waals surface area contributed by atoms with E-state index in [4.69, 9.17) is 9.52 Å². The van der Waals surface area contributed by atoms with E-state index in [9.17, 15) is 8.42 Å². The molecule has 0 amide bonds. The lowest BCUT2D eigenvalue weighted by Crippen LogP contribution is -2.25. The maximum absolute atomic E-state index is 12.1. The van der Waals surface area contributed by atoms with E-state index in [-0.39, 0.29) is 23.0 Å². The van der Waals surface area contributed by atoms with Gasteiger partial charge in [0.15, 0.2) is 0 Å². The third-order valence-electron chi connectivity index (χ3n) is 3.22. The number of aliphatic hydroxyl groups excluding tert-OH is 1. The van der Waals surface area contributed by atoms with E-state index in [0.717, 1.165) is 17.7 Å². The molecule has 2 heterocycles. The van der Waals surface area contributed by atoms with Crippen molar-refractivity contribution < 1.29 is 17.9 Å². The van der Waals surface area contributed by atoms with Crippen LogP contribution in [0.3, 0.4) is 0 Å². The Morgan fingerprint density at radius 3 is 2.76 bits per heavy atom. The molecule has 2 aromatic rings. The van der Waals surface area contributed by atoms with E-state index in [1.807, 2.05) is 6.92 Å². The van der Waals surface area contributed by atoms with Gasteiger partial charge in [-0.3, -0.25) is 5.10 Å². The molecule has 2 rings (SSSR count). The average molecular weight is 313 g/mol. The molecule has 7 nitrogen and oxygen atoms in total. The smallest absolute Gasteiger partial charge is 0.244 e. The van der Waals surface area contributed by atoms with Gasteiger partial charge in [-0.25, -0.2) is 13.1 Å². The zero-order valence-corrected chi connectivity index (χ0v) is 12.8. The quantitative estimate of drug-likeness (QED) is 0.661. The standard InChI is InChI=1S/C13H19N3O4S/c1-9-11(7-14-16-9)4-3-5-15-21(18,19)13-6-12(8-17)20-10(13)2/h6-7,15,17H,3-5,8H2,1-2H3,(H,14,16). The fourth-order valence-electron chi connectivity index (χ4n) is 2.06. The molecule has 0 aliphatic rings. The van der Waals surface area contributed by atoms with Gasteiger partial charge in [-0.1, -0.05) is 0 Å². The second kappa shape index (κ2) is 6.42. The van der Waals surface area contributed by atoms with Crippen molar-refractivity contribution in [3.05, 3.63) is 35.0 Å². The number of nitrogens with zero attached hydrogens (tertiary/aromatic N) is 1. The van der Waals surface area contributed by atoms with Crippen molar-refractivity contribution in [1.82, 2.24) is 14.9 Å². The van der Waals surface area contributed by atoms with Gasteiger partial charge < -0.3 is 9.52 Å². The Balaban J connectivity index is 1.92. The molecule has 0 spiro atoms. The summed E-state index contributed by atoms with van der Waals surface area (Å²) in [6.45, 7) is 3.49. The summed E-state index contributed by atoms with van der Waals surface area (Å²) < 4.78 is 32.0. The van der Waals surface area contributed by atoms with Crippen LogP contribution in [0.25, 0.3) is 0 Å². The zero-order valence-electron chi connectivity index (χ0n) is 12.0. The Morgan fingerprint density at radius 2 is 2.19 bits per heavy atom. The predicted octanol–water partition coefficient (Wildman–Crippen LogP) is 1.02. The van der Waals surface area contributed by atoms with Gasteiger partial charge in [0.1, 0.15) is 23.0 Å². The number of aryl methyl sites for hydroxylation is 3. The minimum absolute atomic E-state index is 0.0750. The van der Waals surface area contributed by atoms with Crippen LogP contribution in [-0.4, -0.2) is 30.3 Å². The second-order valence-corrected chi connectivity index (χ2v) is 6.55. The number of aromatic nitrogens is 2. The Labute approximate surface area is 123 Å². The summed E-state index contributed by atoms with van der Waals surface area (Å²) >= 11 is 0. The van der Waals surface area contributed by atoms with Crippen LogP contribution >= 0.6 is 0 Å². The van der Waals surface area contributed by atoms with Crippen LogP contribution in [0.5, 0.6) is 0 Å². The molecule has 0 aliphatic heterocycles. The van der Waals surface area contributed by atoms with Gasteiger partial charge in [0.05, 0.1) is 6.20 Å². The molecule has 0 aromatic carbocycles. The molecule has 0 radical (unpaired) electrons. The van der Waals surface area contributed by atoms with Crippen LogP contribution in [0.4, 0.5) is 0 Å². The third-order valence-corrected chi connectivity index (χ3v) is 4.79. The van der Waals surface area contributed by atoms with E-state index in [1.54, 1.807) is 13.1 Å². The van der Waals surface area contributed by atoms with Crippen LogP contribution in [0.2, 0.25) is 0 Å². The molecule has 0 saturated heterocycles. The first-order valence-corrected chi connectivity index (χ1v) is 8.11. The molecule has 0 aliphatic carbocycles. The number of aromatic amines is 1. The SMILES string of the molecule is Cc1[nH]ncc1CCCNS(=O)(=O)c1cc(CO)oc1C. The number of hydrogen-bond donors (Lipinski definition) is 3. The summed E-state index contributed by atoms with van der Waals surface area (Å²) in [5.41, 5.74) is 2.08. The fourth-order valence-corrected chi connectivity index (χ4v) is 3.34. The number of sulfonamides is 1. The van der Waals surface area contributed by atoms with E-state index in [1.165, 1.54) is 6.07 Å². The highest BCUT2D eigenvalue weighted by Gasteiger charge is 2.20. The summed E-state index contributed by atoms with van der Waals surface area (Å²) in [6.07, 6.45) is 3.16. The second-order valence-electron chi connectivity index (χ2n) is 4.81. The Bertz CT molecular complexity index is 703. The topological polar surface area (TPSA) is 108 Å². The van der Waals surface area contributed by atoms with Crippen molar-refractivity contribution in [1.29, 1.82) is 0 Å². The third kappa shape index (κ3) is 3.72. The van der Waals surface area contributed by atoms with Crippen molar-refractivity contribution in [3.8, 4) is 0 Å². The number of furan rings is 1. The normalized spacial score (nSPS) is 12.0. The van der Waals surface area contributed by atoms with Crippen molar-refractivity contribution in [3.63, 3.8) is 0 Å². The Morgan fingerprint density at radius 1 is 1.43 bits per heavy atom. The summed E-state index contributed by atoms with van der Waals surface area (Å²) in [5.74, 6) is 0.513. The van der Waals surface area contributed by atoms with Crippen LogP contribution in [0, 0.1) is 13.8 Å². The van der Waals surface area contributed by atoms with Gasteiger partial charge in [-0.2, -0.15) is 5.10 Å². The molecule has 8 heteroatoms. The van der Waals surface area contributed by atoms with Gasteiger partial charge in [-0.15, -0.1) is 0 Å². The number of H-pyrrole nitrogens is 1.